The van der Waals surface area contributed by atoms with Gasteiger partial charge in [-0.25, -0.2) is 4.39 Å². The molecule has 2 aliphatic rings. The molecule has 0 bridgehead atoms. The molecule has 0 radical (unpaired) electrons. The van der Waals surface area contributed by atoms with Crippen LogP contribution in [0.3, 0.4) is 0 Å². The molecule has 150 valence electrons. The zero-order chi connectivity index (χ0) is 19.2. The molecule has 1 unspecified atom stereocenters. The van der Waals surface area contributed by atoms with Crippen LogP contribution in [0.25, 0.3) is 0 Å². The van der Waals surface area contributed by atoms with Gasteiger partial charge in [-0.3, -0.25) is 9.69 Å². The van der Waals surface area contributed by atoms with Crippen LogP contribution in [0.5, 0.6) is 0 Å². The number of benzene rings is 1. The van der Waals surface area contributed by atoms with Gasteiger partial charge in [0.2, 0.25) is 5.91 Å². The van der Waals surface area contributed by atoms with E-state index in [-0.39, 0.29) is 17.8 Å². The van der Waals surface area contributed by atoms with Gasteiger partial charge in [0.25, 0.3) is 0 Å². The second-order valence-electron chi connectivity index (χ2n) is 7.84. The number of anilines is 1. The van der Waals surface area contributed by atoms with E-state index in [1.54, 1.807) is 0 Å². The molecule has 1 aromatic carbocycles. The first-order chi connectivity index (χ1) is 13.1. The van der Waals surface area contributed by atoms with Gasteiger partial charge < -0.3 is 15.1 Å². The average Bonchev–Trinajstić information content (AvgIpc) is 2.72. The molecule has 0 spiro atoms. The molecule has 2 aliphatic heterocycles. The third-order valence-corrected chi connectivity index (χ3v) is 6.14. The van der Waals surface area contributed by atoms with Crippen molar-refractivity contribution in [1.29, 1.82) is 0 Å². The van der Waals surface area contributed by atoms with Crippen molar-refractivity contribution in [2.45, 2.75) is 32.2 Å². The summed E-state index contributed by atoms with van der Waals surface area (Å²) in [4.78, 5) is 19.5. The van der Waals surface area contributed by atoms with E-state index in [1.807, 2.05) is 26.1 Å². The van der Waals surface area contributed by atoms with Gasteiger partial charge in [0.1, 0.15) is 5.82 Å². The van der Waals surface area contributed by atoms with E-state index in [0.717, 1.165) is 70.3 Å². The van der Waals surface area contributed by atoms with E-state index in [4.69, 9.17) is 0 Å². The van der Waals surface area contributed by atoms with Crippen LogP contribution < -0.4 is 10.2 Å². The van der Waals surface area contributed by atoms with Crippen molar-refractivity contribution in [2.24, 2.45) is 5.92 Å². The molecule has 2 saturated heterocycles. The van der Waals surface area contributed by atoms with E-state index in [2.05, 4.69) is 20.0 Å². The van der Waals surface area contributed by atoms with Crippen LogP contribution in [0.15, 0.2) is 24.3 Å². The summed E-state index contributed by atoms with van der Waals surface area (Å²) >= 11 is 0. The Morgan fingerprint density at radius 1 is 1.11 bits per heavy atom. The first-order valence-electron chi connectivity index (χ1n) is 10.3. The fraction of sp³-hybridized carbons (Fsp3) is 0.667. The van der Waals surface area contributed by atoms with E-state index in [9.17, 15) is 9.18 Å². The largest absolute Gasteiger partial charge is 0.369 e. The van der Waals surface area contributed by atoms with Crippen LogP contribution in [-0.2, 0) is 4.79 Å². The third-order valence-electron chi connectivity index (χ3n) is 6.14. The highest BCUT2D eigenvalue weighted by Crippen LogP contribution is 2.22. The Hall–Kier alpha value is -1.66. The Kier molecular flexibility index (Phi) is 7.07. The standard InChI is InChI=1S/C21H33FN4O/c1-17(21(27)26-11-8-18(9-12-26)7-10-23-2)24-13-15-25(16-14-24)20-5-3-19(22)4-6-20/h3-6,17-18,23H,7-16H2,1-2H3. The summed E-state index contributed by atoms with van der Waals surface area (Å²) in [5.41, 5.74) is 1.05. The summed E-state index contributed by atoms with van der Waals surface area (Å²) in [6, 6.07) is 6.62. The molecule has 3 rings (SSSR count). The normalized spacial score (nSPS) is 20.7. The monoisotopic (exact) mass is 376 g/mol. The summed E-state index contributed by atoms with van der Waals surface area (Å²) in [7, 11) is 2.00. The minimum absolute atomic E-state index is 0.0609. The van der Waals surface area contributed by atoms with Crippen LogP contribution >= 0.6 is 0 Å². The molecule has 27 heavy (non-hydrogen) atoms. The lowest BCUT2D eigenvalue weighted by molar-refractivity contribution is -0.138. The number of nitrogens with zero attached hydrogens (tertiary/aromatic N) is 3. The van der Waals surface area contributed by atoms with Crippen molar-refractivity contribution in [3.63, 3.8) is 0 Å². The van der Waals surface area contributed by atoms with Gasteiger partial charge in [-0.05, 0) is 70.0 Å². The van der Waals surface area contributed by atoms with Crippen LogP contribution in [0, 0.1) is 11.7 Å². The zero-order valence-corrected chi connectivity index (χ0v) is 16.7. The predicted molar refractivity (Wildman–Crippen MR) is 107 cm³/mol. The Morgan fingerprint density at radius 2 is 1.74 bits per heavy atom. The molecule has 0 saturated carbocycles. The number of hydrogen-bond donors (Lipinski definition) is 1. The lowest BCUT2D eigenvalue weighted by Crippen LogP contribution is -2.55. The minimum atomic E-state index is -0.202. The molecular formula is C21H33FN4O. The first kappa shape index (κ1) is 20.1. The third kappa shape index (κ3) is 5.20. The second kappa shape index (κ2) is 9.51. The summed E-state index contributed by atoms with van der Waals surface area (Å²) in [6.07, 6.45) is 3.45. The van der Waals surface area contributed by atoms with Gasteiger partial charge in [0.15, 0.2) is 0 Å². The van der Waals surface area contributed by atoms with Crippen molar-refractivity contribution in [1.82, 2.24) is 15.1 Å². The van der Waals surface area contributed by atoms with Gasteiger partial charge in [-0.15, -0.1) is 0 Å². The Morgan fingerprint density at radius 3 is 2.33 bits per heavy atom. The number of nitrogens with one attached hydrogen (secondary N) is 1. The van der Waals surface area contributed by atoms with Gasteiger partial charge >= 0.3 is 0 Å². The Bertz CT molecular complexity index is 593. The average molecular weight is 377 g/mol. The summed E-state index contributed by atoms with van der Waals surface area (Å²) in [5.74, 6) is 0.819. The molecule has 1 amide bonds. The van der Waals surface area contributed by atoms with Crippen LogP contribution in [0.2, 0.25) is 0 Å². The predicted octanol–water partition coefficient (Wildman–Crippen LogP) is 2.18. The van der Waals surface area contributed by atoms with Crippen molar-refractivity contribution in [3.8, 4) is 0 Å². The maximum absolute atomic E-state index is 13.1. The van der Waals surface area contributed by atoms with Gasteiger partial charge in [0, 0.05) is 45.0 Å². The summed E-state index contributed by atoms with van der Waals surface area (Å²) in [5, 5.41) is 3.22. The van der Waals surface area contributed by atoms with Gasteiger partial charge in [0.05, 0.1) is 6.04 Å². The van der Waals surface area contributed by atoms with Crippen molar-refractivity contribution in [2.75, 3.05) is 57.8 Å². The highest BCUT2D eigenvalue weighted by molar-refractivity contribution is 5.81. The minimum Gasteiger partial charge on any atom is -0.369 e. The van der Waals surface area contributed by atoms with Crippen molar-refractivity contribution in [3.05, 3.63) is 30.1 Å². The summed E-state index contributed by atoms with van der Waals surface area (Å²) in [6.45, 7) is 8.37. The number of carbonyl (C=O) groups is 1. The molecule has 0 aliphatic carbocycles. The quantitative estimate of drug-likeness (QED) is 0.826. The molecular weight excluding hydrogens is 343 g/mol. The number of amides is 1. The number of piperazine rings is 1. The molecule has 1 atom stereocenters. The number of halogens is 1. The Labute approximate surface area is 162 Å². The Balaban J connectivity index is 1.45. The van der Waals surface area contributed by atoms with Crippen molar-refractivity contribution >= 4 is 11.6 Å². The first-order valence-corrected chi connectivity index (χ1v) is 10.3. The number of likely N-dealkylation sites (tertiary alicyclic amines) is 1. The fourth-order valence-electron chi connectivity index (χ4n) is 4.23. The van der Waals surface area contributed by atoms with E-state index in [1.165, 1.54) is 18.6 Å². The van der Waals surface area contributed by atoms with E-state index in [0.29, 0.717) is 0 Å². The molecule has 2 heterocycles. The molecule has 1 N–H and O–H groups in total. The fourth-order valence-corrected chi connectivity index (χ4v) is 4.23. The molecule has 5 nitrogen and oxygen atoms in total. The van der Waals surface area contributed by atoms with E-state index >= 15 is 0 Å². The SMILES string of the molecule is CNCCC1CCN(C(=O)C(C)N2CCN(c3ccc(F)cc3)CC2)CC1. The summed E-state index contributed by atoms with van der Waals surface area (Å²) < 4.78 is 13.1. The van der Waals surface area contributed by atoms with Gasteiger partial charge in [-0.2, -0.15) is 0 Å². The number of carbonyl (C=O) groups excluding carboxylic acids is 1. The van der Waals surface area contributed by atoms with Gasteiger partial charge in [-0.1, -0.05) is 0 Å². The molecule has 6 heteroatoms. The zero-order valence-electron chi connectivity index (χ0n) is 16.7. The second-order valence-corrected chi connectivity index (χ2v) is 7.84. The van der Waals surface area contributed by atoms with E-state index < -0.39 is 0 Å². The smallest absolute Gasteiger partial charge is 0.239 e. The van der Waals surface area contributed by atoms with Crippen LogP contribution in [0.1, 0.15) is 26.2 Å². The maximum Gasteiger partial charge on any atom is 0.239 e. The molecule has 2 fully saturated rings. The number of piperidine rings is 1. The van der Waals surface area contributed by atoms with Crippen molar-refractivity contribution < 1.29 is 9.18 Å². The molecule has 1 aromatic rings. The number of rotatable bonds is 6. The highest BCUT2D eigenvalue weighted by Gasteiger charge is 2.30. The molecule has 0 aromatic heterocycles. The topological polar surface area (TPSA) is 38.8 Å². The highest BCUT2D eigenvalue weighted by atomic mass is 19.1. The lowest BCUT2D eigenvalue weighted by atomic mass is 9.93. The van der Waals surface area contributed by atoms with Crippen LogP contribution in [-0.4, -0.2) is 74.6 Å². The maximum atomic E-state index is 13.1. The van der Waals surface area contributed by atoms with Crippen LogP contribution in [0.4, 0.5) is 10.1 Å². The lowest BCUT2D eigenvalue weighted by Gasteiger charge is -2.41. The number of hydrogen-bond acceptors (Lipinski definition) is 4.